The lowest BCUT2D eigenvalue weighted by molar-refractivity contribution is -0.137. The summed E-state index contributed by atoms with van der Waals surface area (Å²) in [6, 6.07) is 4.61. The molecule has 0 bridgehead atoms. The van der Waals surface area contributed by atoms with Crippen LogP contribution in [0.25, 0.3) is 16.6 Å². The first kappa shape index (κ1) is 21.8. The maximum Gasteiger partial charge on any atom is 0.416 e. The molecule has 7 nitrogen and oxygen atoms in total. The molecule has 0 amide bonds. The van der Waals surface area contributed by atoms with Crippen LogP contribution < -0.4 is 16.6 Å². The van der Waals surface area contributed by atoms with Crippen molar-refractivity contribution < 1.29 is 17.9 Å². The molecule has 2 aromatic heterocycles. The van der Waals surface area contributed by atoms with Gasteiger partial charge in [-0.25, -0.2) is 9.97 Å². The Labute approximate surface area is 181 Å². The van der Waals surface area contributed by atoms with E-state index in [0.717, 1.165) is 17.7 Å². The van der Waals surface area contributed by atoms with E-state index in [1.807, 2.05) is 6.08 Å². The molecule has 0 saturated carbocycles. The summed E-state index contributed by atoms with van der Waals surface area (Å²) in [5, 5.41) is 3.72. The van der Waals surface area contributed by atoms with E-state index in [4.69, 9.17) is 10.5 Å². The molecule has 1 aromatic carbocycles. The number of H-pyrrole nitrogens is 1. The summed E-state index contributed by atoms with van der Waals surface area (Å²) in [5.74, 6) is 0.811. The first-order valence-electron chi connectivity index (χ1n) is 10.0. The smallest absolute Gasteiger partial charge is 0.399 e. The number of pyridine rings is 1. The van der Waals surface area contributed by atoms with Crippen LogP contribution >= 0.6 is 0 Å². The largest absolute Gasteiger partial charge is 0.416 e. The van der Waals surface area contributed by atoms with Crippen LogP contribution in [-0.2, 0) is 10.9 Å². The molecular formula is C22H22F3N5O2. The van der Waals surface area contributed by atoms with Crippen molar-refractivity contribution in [1.82, 2.24) is 15.0 Å². The predicted molar refractivity (Wildman–Crippen MR) is 116 cm³/mol. The lowest BCUT2D eigenvalue weighted by Gasteiger charge is -2.19. The van der Waals surface area contributed by atoms with Crippen molar-refractivity contribution in [2.24, 2.45) is 0 Å². The molecule has 0 fully saturated rings. The fraction of sp³-hybridized carbons (Fsp3) is 0.318. The first-order chi connectivity index (χ1) is 15.1. The minimum absolute atomic E-state index is 0.0188. The summed E-state index contributed by atoms with van der Waals surface area (Å²) in [7, 11) is 0. The lowest BCUT2D eigenvalue weighted by atomic mass is 10.0. The molecule has 168 valence electrons. The van der Waals surface area contributed by atoms with Crippen LogP contribution in [0.5, 0.6) is 0 Å². The monoisotopic (exact) mass is 445 g/mol. The van der Waals surface area contributed by atoms with Crippen molar-refractivity contribution in [1.29, 1.82) is 0 Å². The molecule has 0 spiro atoms. The van der Waals surface area contributed by atoms with Crippen LogP contribution in [-0.4, -0.2) is 28.2 Å². The highest BCUT2D eigenvalue weighted by atomic mass is 19.4. The fourth-order valence-corrected chi connectivity index (χ4v) is 3.70. The maximum atomic E-state index is 13.2. The van der Waals surface area contributed by atoms with Gasteiger partial charge in [0.2, 0.25) is 0 Å². The normalized spacial score (nSPS) is 15.5. The van der Waals surface area contributed by atoms with Crippen LogP contribution in [0.15, 0.2) is 35.1 Å². The third kappa shape index (κ3) is 4.45. The van der Waals surface area contributed by atoms with Gasteiger partial charge in [-0.2, -0.15) is 13.2 Å². The molecule has 32 heavy (non-hydrogen) atoms. The Hall–Kier alpha value is -3.40. The number of nitrogen functional groups attached to an aromatic ring is 1. The Morgan fingerprint density at radius 1 is 1.22 bits per heavy atom. The van der Waals surface area contributed by atoms with Crippen molar-refractivity contribution in [3.05, 3.63) is 63.2 Å². The van der Waals surface area contributed by atoms with E-state index in [-0.39, 0.29) is 11.2 Å². The number of alkyl halides is 3. The van der Waals surface area contributed by atoms with Gasteiger partial charge in [0.25, 0.3) is 5.56 Å². The Kier molecular flexibility index (Phi) is 5.64. The van der Waals surface area contributed by atoms with Gasteiger partial charge in [0, 0.05) is 11.3 Å². The Bertz CT molecular complexity index is 1270. The molecule has 1 atom stereocenters. The zero-order chi connectivity index (χ0) is 23.0. The van der Waals surface area contributed by atoms with E-state index in [1.165, 1.54) is 6.07 Å². The number of nitrogens with two attached hydrogens (primary N) is 1. The molecule has 3 aromatic rings. The number of hydrogen-bond acceptors (Lipinski definition) is 6. The average Bonchev–Trinajstić information content (AvgIpc) is 2.72. The number of hydrogen-bond donors (Lipinski definition) is 3. The SMILES string of the molecule is Cc1nc(N[C@H](C)c2cc(N)cc(C(F)(F)F)c2)c2cc(C3=CCOCC3)c(=O)[nH]c2n1. The molecule has 0 aliphatic carbocycles. The van der Waals surface area contributed by atoms with Crippen molar-refractivity contribution in [3.63, 3.8) is 0 Å². The highest BCUT2D eigenvalue weighted by Crippen LogP contribution is 2.34. The third-order valence-electron chi connectivity index (χ3n) is 5.29. The van der Waals surface area contributed by atoms with Gasteiger partial charge < -0.3 is 20.8 Å². The van der Waals surface area contributed by atoms with Crippen molar-refractivity contribution in [2.45, 2.75) is 32.5 Å². The molecule has 3 heterocycles. The van der Waals surface area contributed by atoms with E-state index in [9.17, 15) is 18.0 Å². The molecule has 1 aliphatic rings. The molecule has 4 N–H and O–H groups in total. The van der Waals surface area contributed by atoms with Gasteiger partial charge in [-0.1, -0.05) is 6.08 Å². The van der Waals surface area contributed by atoms with Crippen molar-refractivity contribution in [2.75, 3.05) is 24.3 Å². The molecule has 0 saturated heterocycles. The van der Waals surface area contributed by atoms with E-state index < -0.39 is 17.8 Å². The van der Waals surface area contributed by atoms with Gasteiger partial charge in [0.1, 0.15) is 17.3 Å². The molecule has 0 radical (unpaired) electrons. The van der Waals surface area contributed by atoms with Crippen molar-refractivity contribution >= 4 is 28.1 Å². The topological polar surface area (TPSA) is 106 Å². The summed E-state index contributed by atoms with van der Waals surface area (Å²) in [6.07, 6.45) is -2.05. The van der Waals surface area contributed by atoms with Gasteiger partial charge in [-0.15, -0.1) is 0 Å². The maximum absolute atomic E-state index is 13.2. The third-order valence-corrected chi connectivity index (χ3v) is 5.29. The quantitative estimate of drug-likeness (QED) is 0.520. The average molecular weight is 445 g/mol. The second-order valence-electron chi connectivity index (χ2n) is 7.70. The molecule has 0 unspecified atom stereocenters. The predicted octanol–water partition coefficient (Wildman–Crippen LogP) is 4.20. The summed E-state index contributed by atoms with van der Waals surface area (Å²) in [4.78, 5) is 24.2. The van der Waals surface area contributed by atoms with Gasteiger partial charge in [-0.3, -0.25) is 4.79 Å². The van der Waals surface area contributed by atoms with E-state index >= 15 is 0 Å². The number of fused-ring (bicyclic) bond motifs is 1. The molecular weight excluding hydrogens is 423 g/mol. The number of nitrogens with one attached hydrogen (secondary N) is 2. The first-order valence-corrected chi connectivity index (χ1v) is 10.0. The number of nitrogens with zero attached hydrogens (tertiary/aromatic N) is 2. The number of ether oxygens (including phenoxy) is 1. The van der Waals surface area contributed by atoms with Gasteiger partial charge in [0.05, 0.1) is 30.2 Å². The zero-order valence-electron chi connectivity index (χ0n) is 17.5. The summed E-state index contributed by atoms with van der Waals surface area (Å²) in [6.45, 7) is 4.33. The summed E-state index contributed by atoms with van der Waals surface area (Å²) < 4.78 is 45.0. The second kappa shape index (κ2) is 8.27. The van der Waals surface area contributed by atoms with Gasteiger partial charge >= 0.3 is 6.18 Å². The van der Waals surface area contributed by atoms with Crippen molar-refractivity contribution in [3.8, 4) is 0 Å². The number of rotatable bonds is 4. The molecule has 4 rings (SSSR count). The molecule has 10 heteroatoms. The van der Waals surface area contributed by atoms with Gasteiger partial charge in [-0.05, 0) is 55.7 Å². The highest BCUT2D eigenvalue weighted by Gasteiger charge is 2.31. The number of aromatic nitrogens is 3. The Morgan fingerprint density at radius 2 is 2.00 bits per heavy atom. The Balaban J connectivity index is 1.76. The van der Waals surface area contributed by atoms with Crippen LogP contribution in [0.3, 0.4) is 0 Å². The number of halogens is 3. The second-order valence-corrected chi connectivity index (χ2v) is 7.70. The van der Waals surface area contributed by atoms with Crippen LogP contribution in [0.1, 0.15) is 41.9 Å². The highest BCUT2D eigenvalue weighted by molar-refractivity contribution is 5.89. The minimum atomic E-state index is -4.51. The van der Waals surface area contributed by atoms with Crippen LogP contribution in [0, 0.1) is 6.92 Å². The number of anilines is 2. The number of aromatic amines is 1. The standard InChI is InChI=1S/C22H22F3N5O2/c1-11(14-7-15(22(23,24)25)9-16(26)8-14)27-19-18-10-17(13-3-5-32-6-4-13)21(31)30-20(18)29-12(2)28-19/h3,7-11H,4-6,26H2,1-2H3,(H2,27,28,29,30,31)/t11-/m1/s1. The Morgan fingerprint density at radius 3 is 2.69 bits per heavy atom. The number of benzene rings is 1. The lowest BCUT2D eigenvalue weighted by Crippen LogP contribution is -2.17. The zero-order valence-corrected chi connectivity index (χ0v) is 17.5. The van der Waals surface area contributed by atoms with E-state index in [0.29, 0.717) is 53.4 Å². The summed E-state index contributed by atoms with van der Waals surface area (Å²) >= 11 is 0. The van der Waals surface area contributed by atoms with Crippen LogP contribution in [0.2, 0.25) is 0 Å². The fourth-order valence-electron chi connectivity index (χ4n) is 3.70. The molecule has 1 aliphatic heterocycles. The van der Waals surface area contributed by atoms with Gasteiger partial charge in [0.15, 0.2) is 0 Å². The van der Waals surface area contributed by atoms with Crippen LogP contribution in [0.4, 0.5) is 24.7 Å². The summed E-state index contributed by atoms with van der Waals surface area (Å²) in [5.41, 5.74) is 6.71. The van der Waals surface area contributed by atoms with E-state index in [1.54, 1.807) is 19.9 Å². The number of aryl methyl sites for hydroxylation is 1. The minimum Gasteiger partial charge on any atom is -0.399 e. The van der Waals surface area contributed by atoms with E-state index in [2.05, 4.69) is 20.3 Å².